The molecule has 0 spiro atoms. The summed E-state index contributed by atoms with van der Waals surface area (Å²) in [4.78, 5) is 0. The van der Waals surface area contributed by atoms with Crippen LogP contribution in [0.25, 0.3) is 0 Å². The zero-order chi connectivity index (χ0) is 37.3. The quantitative estimate of drug-likeness (QED) is 0.189. The van der Waals surface area contributed by atoms with Crippen LogP contribution in [0.2, 0.25) is 19.6 Å². The third kappa shape index (κ3) is 8.26. The van der Waals surface area contributed by atoms with Gasteiger partial charge >= 0.3 is 23.8 Å². The van der Waals surface area contributed by atoms with Crippen LogP contribution in [-0.4, -0.2) is 29.7 Å². The van der Waals surface area contributed by atoms with Gasteiger partial charge in [-0.3, -0.25) is 3.87 Å². The molecule has 0 unspecified atom stereocenters. The van der Waals surface area contributed by atoms with Gasteiger partial charge in [0.1, 0.15) is 7.59 Å². The maximum Gasteiger partial charge on any atom is 0.522 e. The first-order valence-corrected chi connectivity index (χ1v) is 25.5. The first kappa shape index (κ1) is 41.1. The molecule has 2 aliphatic rings. The molecule has 274 valence electrons. The fourth-order valence-electron chi connectivity index (χ4n) is 7.02. The molecular formula is C38H59F3N2O3SSi2. The van der Waals surface area contributed by atoms with Gasteiger partial charge in [-0.1, -0.05) is 150 Å². The molecule has 0 N–H and O–H groups in total. The molecule has 1 atom stereocenters. The van der Waals surface area contributed by atoms with Crippen molar-refractivity contribution in [2.75, 3.05) is 9.13 Å². The van der Waals surface area contributed by atoms with Crippen LogP contribution < -0.4 is 9.13 Å². The van der Waals surface area contributed by atoms with Gasteiger partial charge in [-0.2, -0.15) is 21.6 Å². The Bertz CT molecular complexity index is 1570. The Balaban J connectivity index is 0.00000119. The van der Waals surface area contributed by atoms with E-state index in [0.29, 0.717) is 17.1 Å². The van der Waals surface area contributed by atoms with E-state index in [2.05, 4.69) is 6.58 Å². The number of hydrogen-bond donors (Lipinski definition) is 0. The van der Waals surface area contributed by atoms with Gasteiger partial charge in [0.05, 0.1) is 0 Å². The SMILES string of the molecule is C1CCCC1.C=C1C=C(C)N(c2c(C(C)C)cccc2C(C)C)[Si@](OS(=O)(=O)C(F)(F)F)([Si](C)(C)C)N1c1c(C(C)C)cccc1C(C)C. The number of benzene rings is 2. The Morgan fingerprint density at radius 2 is 1.04 bits per heavy atom. The summed E-state index contributed by atoms with van der Waals surface area (Å²) in [5.74, 6) is -0.0361. The summed E-state index contributed by atoms with van der Waals surface area (Å²) in [6.45, 7) is 28.2. The second kappa shape index (κ2) is 15.5. The summed E-state index contributed by atoms with van der Waals surface area (Å²) in [5, 5.41) is 0. The largest absolute Gasteiger partial charge is 0.522 e. The van der Waals surface area contributed by atoms with E-state index in [0.717, 1.165) is 27.9 Å². The highest BCUT2D eigenvalue weighted by Crippen LogP contribution is 2.51. The van der Waals surface area contributed by atoms with Gasteiger partial charge < -0.3 is 9.13 Å². The van der Waals surface area contributed by atoms with Gasteiger partial charge in [0.15, 0.2) is 0 Å². The number of rotatable bonds is 9. The van der Waals surface area contributed by atoms with Crippen molar-refractivity contribution in [2.24, 2.45) is 0 Å². The molecule has 1 saturated carbocycles. The molecular weight excluding hydrogens is 678 g/mol. The maximum absolute atomic E-state index is 14.5. The topological polar surface area (TPSA) is 49.9 Å². The van der Waals surface area contributed by atoms with Crippen molar-refractivity contribution in [1.29, 1.82) is 0 Å². The normalized spacial score (nSPS) is 19.2. The van der Waals surface area contributed by atoms with Crippen LogP contribution in [0.4, 0.5) is 24.5 Å². The van der Waals surface area contributed by atoms with Crippen LogP contribution in [0.3, 0.4) is 0 Å². The van der Waals surface area contributed by atoms with Crippen molar-refractivity contribution < 1.29 is 25.5 Å². The van der Waals surface area contributed by atoms with E-state index in [4.69, 9.17) is 3.87 Å². The lowest BCUT2D eigenvalue weighted by Gasteiger charge is -2.58. The molecule has 11 heteroatoms. The Morgan fingerprint density at radius 3 is 1.33 bits per heavy atom. The Labute approximate surface area is 296 Å². The van der Waals surface area contributed by atoms with Gasteiger partial charge in [-0.15, -0.1) is 0 Å². The van der Waals surface area contributed by atoms with Crippen molar-refractivity contribution in [3.05, 3.63) is 82.7 Å². The molecule has 5 nitrogen and oxygen atoms in total. The summed E-state index contributed by atoms with van der Waals surface area (Å²) in [7, 11) is -13.6. The molecule has 2 aromatic rings. The number of halogens is 3. The van der Waals surface area contributed by atoms with Gasteiger partial charge in [0, 0.05) is 22.8 Å². The van der Waals surface area contributed by atoms with E-state index in [1.807, 2.05) is 134 Å². The predicted octanol–water partition coefficient (Wildman–Crippen LogP) is 12.1. The van der Waals surface area contributed by atoms with E-state index < -0.39 is 31.4 Å². The lowest BCUT2D eigenvalue weighted by atomic mass is 9.92. The van der Waals surface area contributed by atoms with Gasteiger partial charge in [-0.05, 0) is 58.9 Å². The second-order valence-electron chi connectivity index (χ2n) is 15.7. The number of allylic oxidation sites excluding steroid dienone is 2. The average molecular weight is 737 g/mol. The third-order valence-corrected chi connectivity index (χ3v) is 24.1. The minimum absolute atomic E-state index is 0.00295. The van der Waals surface area contributed by atoms with E-state index in [9.17, 15) is 21.6 Å². The Hall–Kier alpha value is -2.35. The fourth-order valence-corrected chi connectivity index (χ4v) is 22.8. The molecule has 0 bridgehead atoms. The van der Waals surface area contributed by atoms with Crippen molar-refractivity contribution >= 4 is 37.2 Å². The third-order valence-electron chi connectivity index (χ3n) is 9.49. The number of alkyl halides is 3. The lowest BCUT2D eigenvalue weighted by molar-refractivity contribution is -0.0503. The molecule has 2 aromatic carbocycles. The van der Waals surface area contributed by atoms with Crippen LogP contribution in [0.1, 0.15) is 140 Å². The van der Waals surface area contributed by atoms with E-state index in [1.54, 1.807) is 0 Å². The summed E-state index contributed by atoms with van der Waals surface area (Å²) >= 11 is 0. The monoisotopic (exact) mass is 736 g/mol. The predicted molar refractivity (Wildman–Crippen MR) is 205 cm³/mol. The molecule has 1 fully saturated rings. The number of anilines is 2. The van der Waals surface area contributed by atoms with Crippen LogP contribution in [0, 0.1) is 0 Å². The Kier molecular flexibility index (Phi) is 13.0. The molecule has 0 saturated heterocycles. The standard InChI is InChI=1S/C33H49F3N2O3SSi2.C5H10/c1-21(2)27-16-14-17-28(22(3)4)31(27)37-25(9)20-26(10)38(32-29(23(5)6)18-15-19-30(32)24(7)8)44(37,43(11,12)13)41-42(39,40)33(34,35)36;1-2-4-5-3-1/h14-24H,9H2,1-8,10-13H3;1-5H2/t44-;/m1./s1. The maximum atomic E-state index is 14.5. The van der Waals surface area contributed by atoms with Crippen LogP contribution in [0.15, 0.2) is 60.4 Å². The van der Waals surface area contributed by atoms with Gasteiger partial charge in [0.2, 0.25) is 0 Å². The average Bonchev–Trinajstić information content (AvgIpc) is 3.55. The summed E-state index contributed by atoms with van der Waals surface area (Å²) in [6.07, 6.45) is 9.36. The van der Waals surface area contributed by atoms with Crippen LogP contribution >= 0.6 is 0 Å². The number of para-hydroxylation sites is 2. The highest BCUT2D eigenvalue weighted by Gasteiger charge is 2.68. The minimum atomic E-state index is -6.06. The van der Waals surface area contributed by atoms with Crippen molar-refractivity contribution in [3.63, 3.8) is 0 Å². The molecule has 49 heavy (non-hydrogen) atoms. The highest BCUT2D eigenvalue weighted by atomic mass is 32.2. The van der Waals surface area contributed by atoms with Crippen molar-refractivity contribution in [2.45, 2.75) is 143 Å². The lowest BCUT2D eigenvalue weighted by Crippen LogP contribution is -2.82. The summed E-state index contributed by atoms with van der Waals surface area (Å²) < 4.78 is 80.0. The Morgan fingerprint density at radius 1 is 0.714 bits per heavy atom. The molecule has 0 amide bonds. The van der Waals surface area contributed by atoms with E-state index >= 15 is 0 Å². The zero-order valence-corrected chi connectivity index (χ0v) is 34.6. The number of nitrogens with zero attached hydrogens (tertiary/aromatic N) is 2. The van der Waals surface area contributed by atoms with Crippen molar-refractivity contribution in [1.82, 2.24) is 0 Å². The highest BCUT2D eigenvalue weighted by molar-refractivity contribution is 7.89. The summed E-state index contributed by atoms with van der Waals surface area (Å²) in [5.41, 5.74) is 0.469. The number of hydrogen-bond acceptors (Lipinski definition) is 5. The van der Waals surface area contributed by atoms with Gasteiger partial charge in [-0.25, -0.2) is 0 Å². The molecule has 4 rings (SSSR count). The molecule has 0 aromatic heterocycles. The van der Waals surface area contributed by atoms with E-state index in [-0.39, 0.29) is 23.7 Å². The smallest absolute Gasteiger partial charge is 0.334 e. The molecule has 1 heterocycles. The van der Waals surface area contributed by atoms with Crippen LogP contribution in [-0.2, 0) is 14.0 Å². The van der Waals surface area contributed by atoms with Crippen molar-refractivity contribution in [3.8, 4) is 0 Å². The first-order valence-electron chi connectivity index (χ1n) is 17.8. The molecule has 1 aliphatic carbocycles. The second-order valence-corrected chi connectivity index (χ2v) is 30.8. The minimum Gasteiger partial charge on any atom is -0.334 e. The molecule has 1 aliphatic heterocycles. The van der Waals surface area contributed by atoms with Gasteiger partial charge in [0.25, 0.3) is 0 Å². The zero-order valence-electron chi connectivity index (χ0n) is 31.8. The first-order chi connectivity index (χ1) is 22.5. The summed E-state index contributed by atoms with van der Waals surface area (Å²) in [6, 6.07) is 11.8. The van der Waals surface area contributed by atoms with Crippen LogP contribution in [0.5, 0.6) is 0 Å². The fraction of sp³-hybridized carbons (Fsp3) is 0.579. The van der Waals surface area contributed by atoms with E-state index in [1.165, 1.54) is 32.1 Å². The molecule has 0 radical (unpaired) electrons.